The maximum absolute atomic E-state index is 5.59. The van der Waals surface area contributed by atoms with E-state index in [1.165, 1.54) is 4.90 Å². The summed E-state index contributed by atoms with van der Waals surface area (Å²) in [5.74, 6) is 1.93. The van der Waals surface area contributed by atoms with Gasteiger partial charge in [-0.05, 0) is 17.9 Å². The molecule has 0 aliphatic heterocycles. The van der Waals surface area contributed by atoms with E-state index in [0.29, 0.717) is 0 Å². The number of rotatable bonds is 4. The fourth-order valence-electron chi connectivity index (χ4n) is 1.71. The highest BCUT2D eigenvalue weighted by atomic mass is 32.2. The Morgan fingerprint density at radius 3 is 2.53 bits per heavy atom. The quantitative estimate of drug-likeness (QED) is 0.840. The lowest BCUT2D eigenvalue weighted by atomic mass is 10.1. The first-order chi connectivity index (χ1) is 8.24. The van der Waals surface area contributed by atoms with Crippen molar-refractivity contribution in [3.05, 3.63) is 30.0 Å². The highest BCUT2D eigenvalue weighted by Crippen LogP contribution is 2.27. The third-order valence-corrected chi connectivity index (χ3v) is 3.37. The monoisotopic (exact) mass is 248 g/mol. The number of nitrogens with zero attached hydrogens (tertiary/aromatic N) is 1. The summed E-state index contributed by atoms with van der Waals surface area (Å²) in [6, 6.07) is 8.58. The van der Waals surface area contributed by atoms with E-state index in [9.17, 15) is 0 Å². The standard InChI is InChI=1S/C13H16N2OS/c1-3-11-12(15-13(14)16-11)9-5-7-10(8-6-9)17-4-2/h5-8H,3-4H2,1-2H3,(H2,14,15). The Kier molecular flexibility index (Phi) is 3.74. The van der Waals surface area contributed by atoms with Gasteiger partial charge >= 0.3 is 0 Å². The maximum Gasteiger partial charge on any atom is 0.292 e. The topological polar surface area (TPSA) is 52.0 Å². The maximum atomic E-state index is 5.59. The van der Waals surface area contributed by atoms with Crippen molar-refractivity contribution in [2.45, 2.75) is 25.2 Å². The number of nitrogens with two attached hydrogens (primary N) is 1. The van der Waals surface area contributed by atoms with E-state index in [-0.39, 0.29) is 6.01 Å². The van der Waals surface area contributed by atoms with Gasteiger partial charge in [-0.2, -0.15) is 4.98 Å². The highest BCUT2D eigenvalue weighted by molar-refractivity contribution is 7.99. The van der Waals surface area contributed by atoms with Crippen LogP contribution in [0.1, 0.15) is 19.6 Å². The SMILES string of the molecule is CCSc1ccc(-c2nc(N)oc2CC)cc1. The third-order valence-electron chi connectivity index (χ3n) is 2.47. The van der Waals surface area contributed by atoms with Crippen molar-refractivity contribution in [1.82, 2.24) is 4.98 Å². The number of benzene rings is 1. The lowest BCUT2D eigenvalue weighted by molar-refractivity contribution is 0.530. The highest BCUT2D eigenvalue weighted by Gasteiger charge is 2.11. The molecule has 0 bridgehead atoms. The van der Waals surface area contributed by atoms with Gasteiger partial charge in [-0.1, -0.05) is 26.0 Å². The predicted octanol–water partition coefficient (Wildman–Crippen LogP) is 3.60. The Morgan fingerprint density at radius 1 is 1.24 bits per heavy atom. The molecular formula is C13H16N2OS. The van der Waals surface area contributed by atoms with Gasteiger partial charge in [0.05, 0.1) is 0 Å². The van der Waals surface area contributed by atoms with Gasteiger partial charge in [0.25, 0.3) is 6.01 Å². The molecule has 0 atom stereocenters. The van der Waals surface area contributed by atoms with Gasteiger partial charge < -0.3 is 10.2 Å². The largest absolute Gasteiger partial charge is 0.428 e. The van der Waals surface area contributed by atoms with Gasteiger partial charge in [0.1, 0.15) is 11.5 Å². The Bertz CT molecular complexity index is 491. The second-order valence-corrected chi connectivity index (χ2v) is 4.97. The summed E-state index contributed by atoms with van der Waals surface area (Å²) in [5.41, 5.74) is 7.51. The van der Waals surface area contributed by atoms with Crippen LogP contribution in [0.25, 0.3) is 11.3 Å². The summed E-state index contributed by atoms with van der Waals surface area (Å²) >= 11 is 1.83. The molecule has 0 aliphatic rings. The molecule has 2 rings (SSSR count). The predicted molar refractivity (Wildman–Crippen MR) is 72.1 cm³/mol. The molecule has 3 nitrogen and oxygen atoms in total. The van der Waals surface area contributed by atoms with E-state index in [1.807, 2.05) is 18.7 Å². The van der Waals surface area contributed by atoms with Crippen molar-refractivity contribution in [2.75, 3.05) is 11.5 Å². The van der Waals surface area contributed by atoms with Crippen LogP contribution in [0.4, 0.5) is 6.01 Å². The Morgan fingerprint density at radius 2 is 1.94 bits per heavy atom. The van der Waals surface area contributed by atoms with Gasteiger partial charge in [0.2, 0.25) is 0 Å². The zero-order valence-corrected chi connectivity index (χ0v) is 10.9. The van der Waals surface area contributed by atoms with E-state index in [0.717, 1.165) is 29.2 Å². The molecule has 0 fully saturated rings. The van der Waals surface area contributed by atoms with Crippen molar-refractivity contribution >= 4 is 17.8 Å². The van der Waals surface area contributed by atoms with Crippen molar-refractivity contribution in [1.29, 1.82) is 0 Å². The number of oxazole rings is 1. The van der Waals surface area contributed by atoms with E-state index in [1.54, 1.807) is 0 Å². The van der Waals surface area contributed by atoms with E-state index >= 15 is 0 Å². The molecule has 2 N–H and O–H groups in total. The molecule has 90 valence electrons. The first kappa shape index (κ1) is 12.0. The number of aromatic nitrogens is 1. The Hall–Kier alpha value is -1.42. The van der Waals surface area contributed by atoms with Crippen LogP contribution in [-0.4, -0.2) is 10.7 Å². The molecule has 0 spiro atoms. The van der Waals surface area contributed by atoms with Crippen LogP contribution in [0.2, 0.25) is 0 Å². The van der Waals surface area contributed by atoms with Crippen molar-refractivity contribution in [3.8, 4) is 11.3 Å². The number of aryl methyl sites for hydroxylation is 1. The Balaban J connectivity index is 2.32. The van der Waals surface area contributed by atoms with E-state index in [2.05, 4.69) is 36.2 Å². The zero-order chi connectivity index (χ0) is 12.3. The van der Waals surface area contributed by atoms with E-state index < -0.39 is 0 Å². The number of thioether (sulfide) groups is 1. The third kappa shape index (κ3) is 2.64. The van der Waals surface area contributed by atoms with Crippen LogP contribution in [0, 0.1) is 0 Å². The lowest BCUT2D eigenvalue weighted by Gasteiger charge is -2.01. The fraction of sp³-hybridized carbons (Fsp3) is 0.308. The van der Waals surface area contributed by atoms with Crippen LogP contribution in [0.15, 0.2) is 33.6 Å². The molecule has 0 radical (unpaired) electrons. The molecule has 0 unspecified atom stereocenters. The van der Waals surface area contributed by atoms with Crippen LogP contribution < -0.4 is 5.73 Å². The Labute approximate surface area is 105 Å². The number of anilines is 1. The second kappa shape index (κ2) is 5.27. The molecule has 0 saturated carbocycles. The summed E-state index contributed by atoms with van der Waals surface area (Å²) in [6.45, 7) is 4.18. The van der Waals surface area contributed by atoms with Crippen LogP contribution >= 0.6 is 11.8 Å². The number of hydrogen-bond acceptors (Lipinski definition) is 4. The minimum atomic E-state index is 0.240. The second-order valence-electron chi connectivity index (χ2n) is 3.63. The molecule has 1 aromatic carbocycles. The summed E-state index contributed by atoms with van der Waals surface area (Å²) in [4.78, 5) is 5.50. The fourth-order valence-corrected chi connectivity index (χ4v) is 2.37. The summed E-state index contributed by atoms with van der Waals surface area (Å²) in [7, 11) is 0. The zero-order valence-electron chi connectivity index (χ0n) is 10.1. The molecule has 0 amide bonds. The molecule has 0 saturated heterocycles. The van der Waals surface area contributed by atoms with Crippen molar-refractivity contribution in [2.24, 2.45) is 0 Å². The molecule has 17 heavy (non-hydrogen) atoms. The van der Waals surface area contributed by atoms with Crippen molar-refractivity contribution < 1.29 is 4.42 Å². The van der Waals surface area contributed by atoms with E-state index in [4.69, 9.17) is 10.2 Å². The minimum Gasteiger partial charge on any atom is -0.428 e. The summed E-state index contributed by atoms with van der Waals surface area (Å²) in [5, 5.41) is 0. The molecule has 1 aromatic heterocycles. The first-order valence-corrected chi connectivity index (χ1v) is 6.71. The first-order valence-electron chi connectivity index (χ1n) is 5.73. The van der Waals surface area contributed by atoms with Crippen LogP contribution in [0.5, 0.6) is 0 Å². The molecule has 2 aromatic rings. The van der Waals surface area contributed by atoms with Crippen molar-refractivity contribution in [3.63, 3.8) is 0 Å². The van der Waals surface area contributed by atoms with Crippen LogP contribution in [0.3, 0.4) is 0 Å². The molecular weight excluding hydrogens is 232 g/mol. The molecule has 1 heterocycles. The normalized spacial score (nSPS) is 10.7. The average Bonchev–Trinajstić information content (AvgIpc) is 2.72. The molecule has 4 heteroatoms. The summed E-state index contributed by atoms with van der Waals surface area (Å²) < 4.78 is 5.36. The number of hydrogen-bond donors (Lipinski definition) is 1. The lowest BCUT2D eigenvalue weighted by Crippen LogP contribution is -1.85. The number of nitrogen functional groups attached to an aromatic ring is 1. The van der Waals surface area contributed by atoms with Gasteiger partial charge in [-0.3, -0.25) is 0 Å². The van der Waals surface area contributed by atoms with Gasteiger partial charge in [0, 0.05) is 16.9 Å². The van der Waals surface area contributed by atoms with Gasteiger partial charge in [-0.15, -0.1) is 11.8 Å². The smallest absolute Gasteiger partial charge is 0.292 e. The average molecular weight is 248 g/mol. The van der Waals surface area contributed by atoms with Crippen LogP contribution in [-0.2, 0) is 6.42 Å². The molecule has 0 aliphatic carbocycles. The summed E-state index contributed by atoms with van der Waals surface area (Å²) in [6.07, 6.45) is 0.797. The van der Waals surface area contributed by atoms with Gasteiger partial charge in [0.15, 0.2) is 0 Å². The van der Waals surface area contributed by atoms with Gasteiger partial charge in [-0.25, -0.2) is 0 Å². The minimum absolute atomic E-state index is 0.240.